The lowest BCUT2D eigenvalue weighted by Gasteiger charge is -2.51. The number of hydrogen-bond acceptors (Lipinski definition) is 4. The standard InChI is InChI=1S/C13H21NO3/c1-4-13-7-5-10(6-8-15)14(13)12(2,3)9-17-11(13)16/h8,10H,4-7,9H2,1-3H3/t10-,13-/m1/s1. The van der Waals surface area contributed by atoms with Crippen molar-refractivity contribution in [3.05, 3.63) is 0 Å². The monoisotopic (exact) mass is 239 g/mol. The fraction of sp³-hybridized carbons (Fsp3) is 0.846. The normalized spacial score (nSPS) is 36.4. The number of fused-ring (bicyclic) bond motifs is 1. The number of carbonyl (C=O) groups excluding carboxylic acids is 2. The number of carbonyl (C=O) groups is 2. The summed E-state index contributed by atoms with van der Waals surface area (Å²) < 4.78 is 5.36. The van der Waals surface area contributed by atoms with Crippen molar-refractivity contribution in [1.29, 1.82) is 0 Å². The molecule has 2 rings (SSSR count). The third-order valence-electron chi connectivity index (χ3n) is 4.26. The van der Waals surface area contributed by atoms with Gasteiger partial charge in [-0.2, -0.15) is 0 Å². The average molecular weight is 239 g/mol. The van der Waals surface area contributed by atoms with E-state index in [9.17, 15) is 9.59 Å². The summed E-state index contributed by atoms with van der Waals surface area (Å²) in [5.41, 5.74) is -0.663. The van der Waals surface area contributed by atoms with Gasteiger partial charge in [0.05, 0.1) is 5.54 Å². The van der Waals surface area contributed by atoms with Gasteiger partial charge in [0, 0.05) is 12.5 Å². The second-order valence-electron chi connectivity index (χ2n) is 5.74. The van der Waals surface area contributed by atoms with Crippen LogP contribution in [0.3, 0.4) is 0 Å². The molecule has 2 saturated heterocycles. The van der Waals surface area contributed by atoms with Gasteiger partial charge >= 0.3 is 5.97 Å². The van der Waals surface area contributed by atoms with Gasteiger partial charge < -0.3 is 9.53 Å². The lowest BCUT2D eigenvalue weighted by atomic mass is 9.86. The van der Waals surface area contributed by atoms with Crippen LogP contribution in [-0.2, 0) is 14.3 Å². The van der Waals surface area contributed by atoms with Crippen molar-refractivity contribution in [1.82, 2.24) is 4.90 Å². The first-order valence-corrected chi connectivity index (χ1v) is 6.38. The van der Waals surface area contributed by atoms with E-state index in [1.54, 1.807) is 0 Å². The summed E-state index contributed by atoms with van der Waals surface area (Å²) in [5, 5.41) is 0. The third-order valence-corrected chi connectivity index (χ3v) is 4.26. The van der Waals surface area contributed by atoms with Crippen LogP contribution in [-0.4, -0.2) is 40.9 Å². The number of morpholine rings is 1. The molecule has 0 N–H and O–H groups in total. The van der Waals surface area contributed by atoms with Crippen LogP contribution in [0, 0.1) is 0 Å². The van der Waals surface area contributed by atoms with E-state index in [0.29, 0.717) is 13.0 Å². The molecule has 0 aromatic rings. The molecule has 2 fully saturated rings. The van der Waals surface area contributed by atoms with E-state index in [4.69, 9.17) is 4.74 Å². The zero-order valence-corrected chi connectivity index (χ0v) is 10.9. The number of hydrogen-bond donors (Lipinski definition) is 0. The van der Waals surface area contributed by atoms with Gasteiger partial charge in [-0.1, -0.05) is 6.92 Å². The van der Waals surface area contributed by atoms with Crippen LogP contribution in [0.5, 0.6) is 0 Å². The molecule has 0 bridgehead atoms. The van der Waals surface area contributed by atoms with Crippen LogP contribution in [0.1, 0.15) is 46.5 Å². The Kier molecular flexibility index (Phi) is 3.02. The summed E-state index contributed by atoms with van der Waals surface area (Å²) in [6.45, 7) is 6.63. The highest BCUT2D eigenvalue weighted by Crippen LogP contribution is 2.46. The predicted molar refractivity (Wildman–Crippen MR) is 63.6 cm³/mol. The third kappa shape index (κ3) is 1.69. The lowest BCUT2D eigenvalue weighted by molar-refractivity contribution is -0.184. The van der Waals surface area contributed by atoms with Crippen molar-refractivity contribution in [2.45, 2.75) is 63.6 Å². The predicted octanol–water partition coefficient (Wildman–Crippen LogP) is 1.52. The van der Waals surface area contributed by atoms with E-state index in [1.165, 1.54) is 0 Å². The molecule has 0 unspecified atom stereocenters. The minimum Gasteiger partial charge on any atom is -0.462 e. The van der Waals surface area contributed by atoms with Crippen molar-refractivity contribution in [2.75, 3.05) is 6.61 Å². The number of rotatable bonds is 3. The highest BCUT2D eigenvalue weighted by Gasteiger charge is 2.59. The Bertz CT molecular complexity index is 340. The zero-order chi connectivity index (χ0) is 12.7. The Labute approximate surface area is 102 Å². The number of esters is 1. The first-order valence-electron chi connectivity index (χ1n) is 6.38. The van der Waals surface area contributed by atoms with Gasteiger partial charge in [-0.15, -0.1) is 0 Å². The molecule has 17 heavy (non-hydrogen) atoms. The summed E-state index contributed by atoms with van der Waals surface area (Å²) in [7, 11) is 0. The lowest BCUT2D eigenvalue weighted by Crippen LogP contribution is -2.67. The van der Waals surface area contributed by atoms with Crippen molar-refractivity contribution in [2.24, 2.45) is 0 Å². The highest BCUT2D eigenvalue weighted by molar-refractivity contribution is 5.82. The number of aldehydes is 1. The van der Waals surface area contributed by atoms with Gasteiger partial charge in [0.1, 0.15) is 18.4 Å². The smallest absolute Gasteiger partial charge is 0.326 e. The second-order valence-corrected chi connectivity index (χ2v) is 5.74. The van der Waals surface area contributed by atoms with Gasteiger partial charge in [-0.05, 0) is 33.1 Å². The van der Waals surface area contributed by atoms with Gasteiger partial charge in [-0.3, -0.25) is 9.69 Å². The minimum atomic E-state index is -0.491. The molecule has 0 amide bonds. The second kappa shape index (κ2) is 4.09. The molecule has 4 nitrogen and oxygen atoms in total. The van der Waals surface area contributed by atoms with E-state index in [1.807, 2.05) is 6.92 Å². The summed E-state index contributed by atoms with van der Waals surface area (Å²) in [6, 6.07) is 0.190. The molecular formula is C13H21NO3. The maximum absolute atomic E-state index is 12.1. The summed E-state index contributed by atoms with van der Waals surface area (Å²) in [5.74, 6) is -0.104. The molecular weight excluding hydrogens is 218 g/mol. The Morgan fingerprint density at radius 2 is 2.24 bits per heavy atom. The Balaban J connectivity index is 2.39. The van der Waals surface area contributed by atoms with Crippen molar-refractivity contribution >= 4 is 12.3 Å². The fourth-order valence-electron chi connectivity index (χ4n) is 3.55. The SMILES string of the molecule is CC[C@]12CC[C@H](CC=O)N1C(C)(C)COC2=O. The molecule has 2 aliphatic heterocycles. The summed E-state index contributed by atoms with van der Waals surface area (Å²) >= 11 is 0. The van der Waals surface area contributed by atoms with Gasteiger partial charge in [0.2, 0.25) is 0 Å². The quantitative estimate of drug-likeness (QED) is 0.553. The van der Waals surface area contributed by atoms with E-state index in [2.05, 4.69) is 18.7 Å². The van der Waals surface area contributed by atoms with Crippen molar-refractivity contribution < 1.29 is 14.3 Å². The van der Waals surface area contributed by atoms with Crippen LogP contribution < -0.4 is 0 Å². The molecule has 0 aromatic carbocycles. The first-order chi connectivity index (χ1) is 7.98. The van der Waals surface area contributed by atoms with Crippen LogP contribution in [0.2, 0.25) is 0 Å². The molecule has 0 aromatic heterocycles. The van der Waals surface area contributed by atoms with Crippen LogP contribution in [0.4, 0.5) is 0 Å². The molecule has 4 heteroatoms. The molecule has 2 heterocycles. The van der Waals surface area contributed by atoms with Crippen LogP contribution in [0.25, 0.3) is 0 Å². The maximum atomic E-state index is 12.1. The van der Waals surface area contributed by atoms with E-state index in [0.717, 1.165) is 25.5 Å². The number of ether oxygens (including phenoxy) is 1. The molecule has 0 aliphatic carbocycles. The Morgan fingerprint density at radius 3 is 2.82 bits per heavy atom. The number of cyclic esters (lactones) is 1. The van der Waals surface area contributed by atoms with Crippen molar-refractivity contribution in [3.63, 3.8) is 0 Å². The molecule has 96 valence electrons. The topological polar surface area (TPSA) is 46.6 Å². The Hall–Kier alpha value is -0.900. The van der Waals surface area contributed by atoms with Crippen LogP contribution >= 0.6 is 0 Å². The molecule has 0 spiro atoms. The van der Waals surface area contributed by atoms with Crippen molar-refractivity contribution in [3.8, 4) is 0 Å². The molecule has 0 radical (unpaired) electrons. The zero-order valence-electron chi connectivity index (χ0n) is 10.9. The van der Waals surface area contributed by atoms with E-state index < -0.39 is 5.54 Å². The van der Waals surface area contributed by atoms with E-state index in [-0.39, 0.29) is 17.6 Å². The Morgan fingerprint density at radius 1 is 1.53 bits per heavy atom. The maximum Gasteiger partial charge on any atom is 0.326 e. The van der Waals surface area contributed by atoms with Gasteiger partial charge in [0.25, 0.3) is 0 Å². The molecule has 2 atom stereocenters. The number of nitrogens with zero attached hydrogens (tertiary/aromatic N) is 1. The first kappa shape index (κ1) is 12.6. The fourth-order valence-corrected chi connectivity index (χ4v) is 3.55. The van der Waals surface area contributed by atoms with Gasteiger partial charge in [0.15, 0.2) is 0 Å². The average Bonchev–Trinajstić information content (AvgIpc) is 2.67. The highest BCUT2D eigenvalue weighted by atomic mass is 16.5. The minimum absolute atomic E-state index is 0.104. The molecule has 0 saturated carbocycles. The van der Waals surface area contributed by atoms with E-state index >= 15 is 0 Å². The summed E-state index contributed by atoms with van der Waals surface area (Å²) in [4.78, 5) is 25.1. The molecule has 2 aliphatic rings. The van der Waals surface area contributed by atoms with Gasteiger partial charge in [-0.25, -0.2) is 0 Å². The largest absolute Gasteiger partial charge is 0.462 e. The van der Waals surface area contributed by atoms with Crippen LogP contribution in [0.15, 0.2) is 0 Å². The summed E-state index contributed by atoms with van der Waals surface area (Å²) in [6.07, 6.45) is 3.95.